The molecule has 0 aliphatic carbocycles. The predicted octanol–water partition coefficient (Wildman–Crippen LogP) is 3.93. The fourth-order valence-electron chi connectivity index (χ4n) is 4.36. The number of aliphatic hydroxyl groups excluding tert-OH is 1. The number of benzene rings is 2. The van der Waals surface area contributed by atoms with Gasteiger partial charge in [-0.3, -0.25) is 4.79 Å². The third-order valence-corrected chi connectivity index (χ3v) is 8.63. The van der Waals surface area contributed by atoms with Crippen LogP contribution in [0.25, 0.3) is 12.2 Å². The van der Waals surface area contributed by atoms with Gasteiger partial charge < -0.3 is 14.7 Å². The molecular formula is C29H32FN3O5S. The minimum absolute atomic E-state index is 0.0697. The fraction of sp³-hybridized carbons (Fsp3) is 0.310. The SMILES string of the molecule is C[C@@H]1CN([C@@H](C)CO)C(=O)c2cc(/C=C/c3ccccc3)cnc2O[C@H]1CN(C)S(=O)(=O)c1ccccc1F. The summed E-state index contributed by atoms with van der Waals surface area (Å²) in [6.45, 7) is 3.43. The first-order valence-corrected chi connectivity index (χ1v) is 14.1. The average Bonchev–Trinajstić information content (AvgIpc) is 2.94. The number of pyridine rings is 1. The second-order valence-corrected chi connectivity index (χ2v) is 11.7. The van der Waals surface area contributed by atoms with E-state index in [0.29, 0.717) is 5.56 Å². The van der Waals surface area contributed by atoms with E-state index in [1.54, 1.807) is 24.1 Å². The number of sulfonamides is 1. The number of hydrogen-bond donors (Lipinski definition) is 1. The predicted molar refractivity (Wildman–Crippen MR) is 147 cm³/mol. The maximum absolute atomic E-state index is 14.3. The lowest BCUT2D eigenvalue weighted by Gasteiger charge is -2.37. The summed E-state index contributed by atoms with van der Waals surface area (Å²) in [5.74, 6) is -1.45. The number of rotatable bonds is 8. The summed E-state index contributed by atoms with van der Waals surface area (Å²) >= 11 is 0. The molecule has 0 saturated heterocycles. The Morgan fingerprint density at radius 3 is 2.51 bits per heavy atom. The number of carbonyl (C=O) groups excluding carboxylic acids is 1. The highest BCUT2D eigenvalue weighted by Gasteiger charge is 2.36. The molecule has 0 fully saturated rings. The number of hydrogen-bond acceptors (Lipinski definition) is 6. The van der Waals surface area contributed by atoms with Crippen LogP contribution in [0.1, 0.15) is 35.3 Å². The topological polar surface area (TPSA) is 100 Å². The highest BCUT2D eigenvalue weighted by atomic mass is 32.2. The Hall–Kier alpha value is -3.60. The summed E-state index contributed by atoms with van der Waals surface area (Å²) < 4.78 is 47.9. The zero-order valence-corrected chi connectivity index (χ0v) is 22.9. The summed E-state index contributed by atoms with van der Waals surface area (Å²) in [5.41, 5.74) is 1.87. The van der Waals surface area contributed by atoms with Crippen LogP contribution in [0.5, 0.6) is 5.88 Å². The molecule has 0 bridgehead atoms. The van der Waals surface area contributed by atoms with Crippen LogP contribution in [0.4, 0.5) is 4.39 Å². The first-order chi connectivity index (χ1) is 18.6. The third kappa shape index (κ3) is 6.35. The van der Waals surface area contributed by atoms with Crippen molar-refractivity contribution in [2.75, 3.05) is 26.7 Å². The second-order valence-electron chi connectivity index (χ2n) is 9.70. The van der Waals surface area contributed by atoms with Crippen LogP contribution in [-0.2, 0) is 10.0 Å². The highest BCUT2D eigenvalue weighted by Crippen LogP contribution is 2.29. The number of aliphatic hydroxyl groups is 1. The molecule has 2 aromatic carbocycles. The molecule has 0 spiro atoms. The summed E-state index contributed by atoms with van der Waals surface area (Å²) in [6, 6.07) is 16.1. The van der Waals surface area contributed by atoms with E-state index in [0.717, 1.165) is 15.9 Å². The lowest BCUT2D eigenvalue weighted by molar-refractivity contribution is 0.0373. The number of nitrogens with zero attached hydrogens (tertiary/aromatic N) is 3. The van der Waals surface area contributed by atoms with Gasteiger partial charge in [0.2, 0.25) is 15.9 Å². The van der Waals surface area contributed by atoms with Gasteiger partial charge in [0.15, 0.2) is 0 Å². The minimum Gasteiger partial charge on any atom is -0.472 e. The van der Waals surface area contributed by atoms with Crippen LogP contribution >= 0.6 is 0 Å². The van der Waals surface area contributed by atoms with Crippen molar-refractivity contribution >= 4 is 28.1 Å². The molecule has 4 rings (SSSR count). The van der Waals surface area contributed by atoms with E-state index < -0.39 is 32.9 Å². The van der Waals surface area contributed by atoms with E-state index >= 15 is 0 Å². The number of aromatic nitrogens is 1. The number of carbonyl (C=O) groups is 1. The zero-order valence-electron chi connectivity index (χ0n) is 22.1. The Balaban J connectivity index is 1.68. The van der Waals surface area contributed by atoms with Gasteiger partial charge in [-0.05, 0) is 36.2 Å². The molecule has 0 unspecified atom stereocenters. The van der Waals surface area contributed by atoms with Crippen molar-refractivity contribution in [1.29, 1.82) is 0 Å². The van der Waals surface area contributed by atoms with E-state index in [4.69, 9.17) is 4.74 Å². The van der Waals surface area contributed by atoms with Crippen LogP contribution in [0.2, 0.25) is 0 Å². The van der Waals surface area contributed by atoms with Gasteiger partial charge in [-0.25, -0.2) is 17.8 Å². The van der Waals surface area contributed by atoms with Gasteiger partial charge in [-0.15, -0.1) is 0 Å². The van der Waals surface area contributed by atoms with Crippen LogP contribution in [0.3, 0.4) is 0 Å². The van der Waals surface area contributed by atoms with Gasteiger partial charge in [0.25, 0.3) is 5.91 Å². The van der Waals surface area contributed by atoms with E-state index in [1.807, 2.05) is 49.4 Å². The summed E-state index contributed by atoms with van der Waals surface area (Å²) in [4.78, 5) is 19.1. The van der Waals surface area contributed by atoms with Crippen molar-refractivity contribution in [1.82, 2.24) is 14.2 Å². The molecule has 10 heteroatoms. The summed E-state index contributed by atoms with van der Waals surface area (Å²) in [6.07, 6.45) is 4.60. The maximum atomic E-state index is 14.3. The number of ether oxygens (including phenoxy) is 1. The monoisotopic (exact) mass is 553 g/mol. The van der Waals surface area contributed by atoms with E-state index in [1.165, 1.54) is 25.2 Å². The van der Waals surface area contributed by atoms with E-state index in [-0.39, 0.29) is 43.0 Å². The van der Waals surface area contributed by atoms with E-state index in [2.05, 4.69) is 4.98 Å². The number of amides is 1. The zero-order chi connectivity index (χ0) is 28.2. The third-order valence-electron chi connectivity index (χ3n) is 6.77. The van der Waals surface area contributed by atoms with Crippen molar-refractivity contribution < 1.29 is 27.4 Å². The van der Waals surface area contributed by atoms with Crippen molar-refractivity contribution in [3.05, 3.63) is 89.4 Å². The maximum Gasteiger partial charge on any atom is 0.259 e. The normalized spacial score (nSPS) is 18.9. The number of halogens is 1. The highest BCUT2D eigenvalue weighted by molar-refractivity contribution is 7.89. The van der Waals surface area contributed by atoms with E-state index in [9.17, 15) is 22.7 Å². The standard InChI is InChI=1S/C29H32FN3O5S/c1-20-17-33(21(2)19-34)29(35)24-15-23(14-13-22-9-5-4-6-10-22)16-31-28(24)38-26(20)18-32(3)39(36,37)27-12-8-7-11-25(27)30/h4-16,20-21,26,34H,17-19H2,1-3H3/b14-13+/t20-,21+,26+/m1/s1. The quantitative estimate of drug-likeness (QED) is 0.454. The molecule has 1 aromatic heterocycles. The van der Waals surface area contributed by atoms with Crippen LogP contribution < -0.4 is 4.74 Å². The van der Waals surface area contributed by atoms with Crippen molar-refractivity contribution in [3.63, 3.8) is 0 Å². The van der Waals surface area contributed by atoms with Gasteiger partial charge in [0.05, 0.1) is 19.2 Å². The van der Waals surface area contributed by atoms with Gasteiger partial charge in [-0.1, -0.05) is 61.5 Å². The first kappa shape index (κ1) is 28.4. The van der Waals surface area contributed by atoms with Crippen LogP contribution in [-0.4, -0.2) is 72.5 Å². The molecule has 1 amide bonds. The minimum atomic E-state index is -4.15. The molecular weight excluding hydrogens is 521 g/mol. The molecule has 0 saturated carbocycles. The van der Waals surface area contributed by atoms with Gasteiger partial charge in [0.1, 0.15) is 22.4 Å². The number of fused-ring (bicyclic) bond motifs is 1. The molecule has 206 valence electrons. The van der Waals surface area contributed by atoms with Crippen LogP contribution in [0.15, 0.2) is 71.8 Å². The van der Waals surface area contributed by atoms with Gasteiger partial charge >= 0.3 is 0 Å². The second kappa shape index (κ2) is 12.1. The molecule has 1 aliphatic heterocycles. The van der Waals surface area contributed by atoms with Crippen LogP contribution in [0, 0.1) is 11.7 Å². The molecule has 0 radical (unpaired) electrons. The number of likely N-dealkylation sites (N-methyl/N-ethyl adjacent to an activating group) is 1. The lowest BCUT2D eigenvalue weighted by atomic mass is 10.00. The molecule has 3 atom stereocenters. The molecule has 39 heavy (non-hydrogen) atoms. The Morgan fingerprint density at radius 1 is 1.15 bits per heavy atom. The fourth-order valence-corrected chi connectivity index (χ4v) is 5.60. The lowest BCUT2D eigenvalue weighted by Crippen LogP contribution is -2.50. The summed E-state index contributed by atoms with van der Waals surface area (Å²) in [7, 11) is -2.79. The molecule has 1 N–H and O–H groups in total. The summed E-state index contributed by atoms with van der Waals surface area (Å²) in [5, 5.41) is 9.86. The Kier molecular flexibility index (Phi) is 8.79. The molecule has 1 aliphatic rings. The Morgan fingerprint density at radius 2 is 1.82 bits per heavy atom. The average molecular weight is 554 g/mol. The van der Waals surface area contributed by atoms with Crippen molar-refractivity contribution in [3.8, 4) is 5.88 Å². The van der Waals surface area contributed by atoms with Gasteiger partial charge in [0, 0.05) is 25.7 Å². The Labute approximate surface area is 228 Å². The van der Waals surface area contributed by atoms with Gasteiger partial charge in [-0.2, -0.15) is 4.31 Å². The van der Waals surface area contributed by atoms with Crippen molar-refractivity contribution in [2.45, 2.75) is 30.9 Å². The molecule has 8 nitrogen and oxygen atoms in total. The van der Waals surface area contributed by atoms with Crippen molar-refractivity contribution in [2.24, 2.45) is 5.92 Å². The first-order valence-electron chi connectivity index (χ1n) is 12.6. The Bertz CT molecular complexity index is 1450. The molecule has 2 heterocycles. The molecule has 3 aromatic rings. The smallest absolute Gasteiger partial charge is 0.259 e. The largest absolute Gasteiger partial charge is 0.472 e.